The molecule has 0 bridgehead atoms. The normalized spacial score (nSPS) is 10.8. The van der Waals surface area contributed by atoms with E-state index >= 15 is 0 Å². The Bertz CT molecular complexity index is 1230. The topological polar surface area (TPSA) is 58.1 Å². The Kier molecular flexibility index (Phi) is 7.53. The Morgan fingerprint density at radius 3 is 2.42 bits per heavy atom. The Hall–Kier alpha value is -3.44. The van der Waals surface area contributed by atoms with Gasteiger partial charge < -0.3 is 10.2 Å². The van der Waals surface area contributed by atoms with Crippen molar-refractivity contribution in [1.29, 1.82) is 0 Å². The summed E-state index contributed by atoms with van der Waals surface area (Å²) in [5, 5.41) is 4.59. The summed E-state index contributed by atoms with van der Waals surface area (Å²) in [5.41, 5.74) is 2.73. The molecular weight excluding hydrogens is 432 g/mol. The molecule has 6 heteroatoms. The van der Waals surface area contributed by atoms with Crippen LogP contribution in [0.4, 0.5) is 5.82 Å². The standard InChI is InChI=1S/C27H27ClN4O/c1-2-17-32(18-16-25(33)29-19-20-10-4-3-5-11-20)27-22-13-7-9-15-24(22)30-26(31-27)21-12-6-8-14-23(21)28/h3-15H,2,16-19H2,1H3,(H,29,33). The summed E-state index contributed by atoms with van der Waals surface area (Å²) in [6.07, 6.45) is 1.32. The molecule has 0 saturated heterocycles. The first kappa shape index (κ1) is 22.7. The smallest absolute Gasteiger partial charge is 0.222 e. The van der Waals surface area contributed by atoms with Gasteiger partial charge in [0, 0.05) is 37.0 Å². The minimum Gasteiger partial charge on any atom is -0.355 e. The van der Waals surface area contributed by atoms with Crippen molar-refractivity contribution in [2.45, 2.75) is 26.3 Å². The molecule has 0 saturated carbocycles. The lowest BCUT2D eigenvalue weighted by Crippen LogP contribution is -2.32. The number of para-hydroxylation sites is 1. The van der Waals surface area contributed by atoms with Crippen molar-refractivity contribution in [1.82, 2.24) is 15.3 Å². The molecule has 33 heavy (non-hydrogen) atoms. The van der Waals surface area contributed by atoms with Gasteiger partial charge in [0.25, 0.3) is 0 Å². The quantitative estimate of drug-likeness (QED) is 0.340. The first-order valence-electron chi connectivity index (χ1n) is 11.2. The number of fused-ring (bicyclic) bond motifs is 1. The van der Waals surface area contributed by atoms with Gasteiger partial charge in [-0.05, 0) is 36.2 Å². The maximum Gasteiger partial charge on any atom is 0.222 e. The van der Waals surface area contributed by atoms with Crippen LogP contribution < -0.4 is 10.2 Å². The Balaban J connectivity index is 1.58. The molecule has 4 aromatic rings. The number of aromatic nitrogens is 2. The molecule has 0 radical (unpaired) electrons. The third-order valence-electron chi connectivity index (χ3n) is 5.43. The van der Waals surface area contributed by atoms with Crippen molar-refractivity contribution in [3.63, 3.8) is 0 Å². The van der Waals surface area contributed by atoms with Crippen LogP contribution in [0.3, 0.4) is 0 Å². The van der Waals surface area contributed by atoms with Crippen LogP contribution in [0.5, 0.6) is 0 Å². The first-order valence-corrected chi connectivity index (χ1v) is 11.6. The molecule has 0 unspecified atom stereocenters. The average Bonchev–Trinajstić information content (AvgIpc) is 2.85. The largest absolute Gasteiger partial charge is 0.355 e. The highest BCUT2D eigenvalue weighted by Gasteiger charge is 2.17. The second kappa shape index (κ2) is 10.9. The Labute approximate surface area is 199 Å². The SMILES string of the molecule is CCCN(CCC(=O)NCc1ccccc1)c1nc(-c2ccccc2Cl)nc2ccccc12. The summed E-state index contributed by atoms with van der Waals surface area (Å²) in [7, 11) is 0. The van der Waals surface area contributed by atoms with Crippen molar-refractivity contribution in [2.24, 2.45) is 0 Å². The third kappa shape index (κ3) is 5.68. The van der Waals surface area contributed by atoms with E-state index in [1.54, 1.807) is 0 Å². The van der Waals surface area contributed by atoms with Gasteiger partial charge in [0.15, 0.2) is 5.82 Å². The fourth-order valence-electron chi connectivity index (χ4n) is 3.78. The second-order valence-corrected chi connectivity index (χ2v) is 8.27. The summed E-state index contributed by atoms with van der Waals surface area (Å²) >= 11 is 6.44. The van der Waals surface area contributed by atoms with Crippen LogP contribution in [0.1, 0.15) is 25.3 Å². The van der Waals surface area contributed by atoms with Crippen LogP contribution in [0, 0.1) is 0 Å². The molecular formula is C27H27ClN4O. The van der Waals surface area contributed by atoms with E-state index in [2.05, 4.69) is 17.1 Å². The number of rotatable bonds is 9. The van der Waals surface area contributed by atoms with Crippen molar-refractivity contribution in [2.75, 3.05) is 18.0 Å². The highest BCUT2D eigenvalue weighted by Crippen LogP contribution is 2.31. The minimum absolute atomic E-state index is 0.0182. The minimum atomic E-state index is 0.0182. The van der Waals surface area contributed by atoms with E-state index in [0.29, 0.717) is 30.4 Å². The van der Waals surface area contributed by atoms with Crippen molar-refractivity contribution in [3.8, 4) is 11.4 Å². The third-order valence-corrected chi connectivity index (χ3v) is 5.76. The average molecular weight is 459 g/mol. The molecule has 4 rings (SSSR count). The van der Waals surface area contributed by atoms with Gasteiger partial charge in [0.2, 0.25) is 5.91 Å². The zero-order chi connectivity index (χ0) is 23.0. The zero-order valence-electron chi connectivity index (χ0n) is 18.7. The summed E-state index contributed by atoms with van der Waals surface area (Å²) in [5.74, 6) is 1.43. The van der Waals surface area contributed by atoms with Crippen LogP contribution in [-0.2, 0) is 11.3 Å². The fraction of sp³-hybridized carbons (Fsp3) is 0.222. The van der Waals surface area contributed by atoms with Gasteiger partial charge in [-0.15, -0.1) is 0 Å². The van der Waals surface area contributed by atoms with E-state index in [4.69, 9.17) is 21.6 Å². The summed E-state index contributed by atoms with van der Waals surface area (Å²) in [4.78, 5) is 24.4. The van der Waals surface area contributed by atoms with Crippen LogP contribution in [-0.4, -0.2) is 29.0 Å². The lowest BCUT2D eigenvalue weighted by atomic mass is 10.1. The lowest BCUT2D eigenvalue weighted by molar-refractivity contribution is -0.121. The number of hydrogen-bond acceptors (Lipinski definition) is 4. The monoisotopic (exact) mass is 458 g/mol. The van der Waals surface area contributed by atoms with Crippen molar-refractivity contribution >= 4 is 34.2 Å². The molecule has 1 heterocycles. The molecule has 1 N–H and O–H groups in total. The molecule has 0 aliphatic heterocycles. The number of amides is 1. The highest BCUT2D eigenvalue weighted by atomic mass is 35.5. The van der Waals surface area contributed by atoms with Crippen LogP contribution >= 0.6 is 11.6 Å². The molecule has 0 atom stereocenters. The maximum absolute atomic E-state index is 12.6. The van der Waals surface area contributed by atoms with Gasteiger partial charge in [-0.1, -0.05) is 73.1 Å². The molecule has 0 aliphatic rings. The number of anilines is 1. The van der Waals surface area contributed by atoms with E-state index in [-0.39, 0.29) is 5.91 Å². The van der Waals surface area contributed by atoms with Crippen LogP contribution in [0.15, 0.2) is 78.9 Å². The summed E-state index contributed by atoms with van der Waals surface area (Å²) in [6.45, 7) is 4.01. The molecule has 0 fully saturated rings. The fourth-order valence-corrected chi connectivity index (χ4v) is 4.00. The predicted molar refractivity (Wildman–Crippen MR) is 135 cm³/mol. The van der Waals surface area contributed by atoms with Gasteiger partial charge in [0.05, 0.1) is 10.5 Å². The predicted octanol–water partition coefficient (Wildman–Crippen LogP) is 5.87. The zero-order valence-corrected chi connectivity index (χ0v) is 19.4. The molecule has 168 valence electrons. The first-order chi connectivity index (χ1) is 16.2. The van der Waals surface area contributed by atoms with Gasteiger partial charge in [-0.3, -0.25) is 4.79 Å². The van der Waals surface area contributed by atoms with E-state index in [1.165, 1.54) is 0 Å². The maximum atomic E-state index is 12.6. The Morgan fingerprint density at radius 2 is 1.64 bits per heavy atom. The van der Waals surface area contributed by atoms with E-state index in [0.717, 1.165) is 40.8 Å². The molecule has 5 nitrogen and oxygen atoms in total. The summed E-state index contributed by atoms with van der Waals surface area (Å²) in [6, 6.07) is 25.5. The number of benzene rings is 3. The van der Waals surface area contributed by atoms with Crippen molar-refractivity contribution < 1.29 is 4.79 Å². The number of carbonyl (C=O) groups excluding carboxylic acids is 1. The molecule has 0 spiro atoms. The summed E-state index contributed by atoms with van der Waals surface area (Å²) < 4.78 is 0. The van der Waals surface area contributed by atoms with Crippen LogP contribution in [0.25, 0.3) is 22.3 Å². The number of halogens is 1. The number of carbonyl (C=O) groups is 1. The second-order valence-electron chi connectivity index (χ2n) is 7.87. The molecule has 1 amide bonds. The van der Waals surface area contributed by atoms with E-state index in [1.807, 2.05) is 78.9 Å². The van der Waals surface area contributed by atoms with Gasteiger partial charge in [-0.2, -0.15) is 0 Å². The van der Waals surface area contributed by atoms with Crippen LogP contribution in [0.2, 0.25) is 5.02 Å². The number of nitrogens with zero attached hydrogens (tertiary/aromatic N) is 3. The Morgan fingerprint density at radius 1 is 0.909 bits per heavy atom. The number of nitrogens with one attached hydrogen (secondary N) is 1. The van der Waals surface area contributed by atoms with Gasteiger partial charge in [-0.25, -0.2) is 9.97 Å². The highest BCUT2D eigenvalue weighted by molar-refractivity contribution is 6.33. The molecule has 3 aromatic carbocycles. The van der Waals surface area contributed by atoms with E-state index in [9.17, 15) is 4.79 Å². The van der Waals surface area contributed by atoms with E-state index < -0.39 is 0 Å². The van der Waals surface area contributed by atoms with Crippen molar-refractivity contribution in [3.05, 3.63) is 89.4 Å². The number of hydrogen-bond donors (Lipinski definition) is 1. The van der Waals surface area contributed by atoms with Gasteiger partial charge in [0.1, 0.15) is 5.82 Å². The molecule has 1 aromatic heterocycles. The molecule has 0 aliphatic carbocycles. The van der Waals surface area contributed by atoms with Gasteiger partial charge >= 0.3 is 0 Å². The lowest BCUT2D eigenvalue weighted by Gasteiger charge is -2.25.